The largest absolute Gasteiger partial charge is 0.416 e. The summed E-state index contributed by atoms with van der Waals surface area (Å²) in [6.07, 6.45) is -2.10. The van der Waals surface area contributed by atoms with Crippen molar-refractivity contribution < 1.29 is 23.2 Å². The zero-order chi connectivity index (χ0) is 16.3. The molecule has 5 nitrogen and oxygen atoms in total. The van der Waals surface area contributed by atoms with Crippen LogP contribution in [0.4, 0.5) is 18.9 Å². The van der Waals surface area contributed by atoms with Gasteiger partial charge < -0.3 is 5.11 Å². The third kappa shape index (κ3) is 3.75. The molecule has 1 saturated heterocycles. The molecule has 1 N–H and O–H groups in total. The number of nitrogens with zero attached hydrogens (tertiary/aromatic N) is 2. The van der Waals surface area contributed by atoms with Crippen molar-refractivity contribution in [1.82, 2.24) is 4.90 Å². The molecule has 0 spiro atoms. The molecule has 1 aromatic carbocycles. The lowest BCUT2D eigenvalue weighted by atomic mass is 9.99. The van der Waals surface area contributed by atoms with Crippen molar-refractivity contribution in [2.24, 2.45) is 0 Å². The molecule has 122 valence electrons. The van der Waals surface area contributed by atoms with E-state index in [2.05, 4.69) is 0 Å². The normalized spacial score (nSPS) is 20.1. The average Bonchev–Trinajstić information content (AvgIpc) is 2.47. The number of rotatable bonds is 4. The van der Waals surface area contributed by atoms with Gasteiger partial charge in [0.2, 0.25) is 0 Å². The van der Waals surface area contributed by atoms with Crippen LogP contribution in [0.15, 0.2) is 18.2 Å². The Balaban J connectivity index is 2.31. The molecule has 2 rings (SSSR count). The number of nitro groups is 1. The van der Waals surface area contributed by atoms with E-state index in [1.807, 2.05) is 0 Å². The quantitative estimate of drug-likeness (QED) is 0.684. The van der Waals surface area contributed by atoms with Crippen LogP contribution in [0.25, 0.3) is 0 Å². The number of hydrogen-bond donors (Lipinski definition) is 1. The van der Waals surface area contributed by atoms with E-state index in [0.717, 1.165) is 31.4 Å². The Bertz CT molecular complexity index is 549. The SMILES string of the molecule is O=[N+]([O-])c1ccc(CN2CCCC[C@@H]2CO)c(C(F)(F)F)c1. The number of aliphatic hydroxyl groups is 1. The summed E-state index contributed by atoms with van der Waals surface area (Å²) in [6, 6.07) is 2.66. The lowest BCUT2D eigenvalue weighted by molar-refractivity contribution is -0.385. The van der Waals surface area contributed by atoms with Crippen LogP contribution in [-0.2, 0) is 12.7 Å². The minimum Gasteiger partial charge on any atom is -0.395 e. The Hall–Kier alpha value is -1.67. The van der Waals surface area contributed by atoms with Crippen molar-refractivity contribution >= 4 is 5.69 Å². The van der Waals surface area contributed by atoms with Crippen LogP contribution >= 0.6 is 0 Å². The van der Waals surface area contributed by atoms with Crippen molar-refractivity contribution in [2.45, 2.75) is 38.0 Å². The summed E-state index contributed by atoms with van der Waals surface area (Å²) in [5.74, 6) is 0. The van der Waals surface area contributed by atoms with Gasteiger partial charge in [0.25, 0.3) is 5.69 Å². The highest BCUT2D eigenvalue weighted by atomic mass is 19.4. The molecule has 1 atom stereocenters. The summed E-state index contributed by atoms with van der Waals surface area (Å²) in [4.78, 5) is 11.6. The Morgan fingerprint density at radius 3 is 2.68 bits per heavy atom. The Morgan fingerprint density at radius 1 is 1.36 bits per heavy atom. The van der Waals surface area contributed by atoms with E-state index in [-0.39, 0.29) is 24.8 Å². The number of alkyl halides is 3. The first-order chi connectivity index (χ1) is 10.3. The highest BCUT2D eigenvalue weighted by Gasteiger charge is 2.36. The molecular weight excluding hydrogens is 301 g/mol. The van der Waals surface area contributed by atoms with E-state index in [0.29, 0.717) is 12.6 Å². The maximum absolute atomic E-state index is 13.1. The smallest absolute Gasteiger partial charge is 0.395 e. The third-order valence-corrected chi connectivity index (χ3v) is 3.94. The van der Waals surface area contributed by atoms with Crippen LogP contribution in [0.2, 0.25) is 0 Å². The van der Waals surface area contributed by atoms with E-state index in [4.69, 9.17) is 0 Å². The zero-order valence-corrected chi connectivity index (χ0v) is 11.8. The fraction of sp³-hybridized carbons (Fsp3) is 0.571. The summed E-state index contributed by atoms with van der Waals surface area (Å²) in [6.45, 7) is 0.534. The molecule has 0 saturated carbocycles. The van der Waals surface area contributed by atoms with Gasteiger partial charge in [-0.25, -0.2) is 0 Å². The number of aliphatic hydroxyl groups excluding tert-OH is 1. The summed E-state index contributed by atoms with van der Waals surface area (Å²) in [5, 5.41) is 20.0. The minimum absolute atomic E-state index is 0.00144. The lowest BCUT2D eigenvalue weighted by Gasteiger charge is -2.35. The van der Waals surface area contributed by atoms with Gasteiger partial charge in [0, 0.05) is 24.7 Å². The maximum atomic E-state index is 13.1. The van der Waals surface area contributed by atoms with Crippen molar-refractivity contribution in [3.8, 4) is 0 Å². The molecule has 1 fully saturated rings. The van der Waals surface area contributed by atoms with Crippen LogP contribution < -0.4 is 0 Å². The maximum Gasteiger partial charge on any atom is 0.416 e. The van der Waals surface area contributed by atoms with Crippen LogP contribution in [0.3, 0.4) is 0 Å². The summed E-state index contributed by atoms with van der Waals surface area (Å²) >= 11 is 0. The molecule has 1 aromatic rings. The van der Waals surface area contributed by atoms with E-state index in [1.54, 1.807) is 4.90 Å². The molecule has 22 heavy (non-hydrogen) atoms. The Morgan fingerprint density at radius 2 is 2.09 bits per heavy atom. The molecule has 0 aliphatic carbocycles. The number of nitro benzene ring substituents is 1. The molecule has 8 heteroatoms. The number of non-ortho nitro benzene ring substituents is 1. The minimum atomic E-state index is -4.65. The van der Waals surface area contributed by atoms with Gasteiger partial charge in [0.05, 0.1) is 17.1 Å². The standard InChI is InChI=1S/C14H17F3N2O3/c15-14(16,17)13-7-11(19(21)22)5-4-10(13)8-18-6-2-1-3-12(18)9-20/h4-5,7,12,20H,1-3,6,8-9H2/t12-/m1/s1. The van der Waals surface area contributed by atoms with Gasteiger partial charge >= 0.3 is 6.18 Å². The highest BCUT2D eigenvalue weighted by Crippen LogP contribution is 2.35. The molecule has 1 aliphatic rings. The Labute approximate surface area is 125 Å². The molecule has 1 aliphatic heterocycles. The van der Waals surface area contributed by atoms with Crippen LogP contribution in [-0.4, -0.2) is 34.1 Å². The van der Waals surface area contributed by atoms with E-state index >= 15 is 0 Å². The number of benzene rings is 1. The molecular formula is C14H17F3N2O3. The van der Waals surface area contributed by atoms with Crippen molar-refractivity contribution in [3.63, 3.8) is 0 Å². The molecule has 0 radical (unpaired) electrons. The predicted molar refractivity (Wildman–Crippen MR) is 73.2 cm³/mol. The van der Waals surface area contributed by atoms with Gasteiger partial charge in [0.1, 0.15) is 0 Å². The summed E-state index contributed by atoms with van der Waals surface area (Å²) in [7, 11) is 0. The van der Waals surface area contributed by atoms with E-state index < -0.39 is 22.4 Å². The van der Waals surface area contributed by atoms with Crippen molar-refractivity contribution in [1.29, 1.82) is 0 Å². The van der Waals surface area contributed by atoms with Crippen molar-refractivity contribution in [2.75, 3.05) is 13.2 Å². The zero-order valence-electron chi connectivity index (χ0n) is 11.8. The molecule has 0 amide bonds. The van der Waals surface area contributed by atoms with Gasteiger partial charge in [-0.2, -0.15) is 13.2 Å². The molecule has 0 unspecified atom stereocenters. The summed E-state index contributed by atoms with van der Waals surface area (Å²) < 4.78 is 39.4. The lowest BCUT2D eigenvalue weighted by Crippen LogP contribution is -2.41. The second kappa shape index (κ2) is 6.62. The highest BCUT2D eigenvalue weighted by molar-refractivity contribution is 5.41. The molecule has 1 heterocycles. The average molecular weight is 318 g/mol. The predicted octanol–water partition coefficient (Wildman–Crippen LogP) is 2.96. The number of likely N-dealkylation sites (tertiary alicyclic amines) is 1. The van der Waals surface area contributed by atoms with E-state index in [9.17, 15) is 28.4 Å². The van der Waals surface area contributed by atoms with Crippen molar-refractivity contribution in [3.05, 3.63) is 39.4 Å². The first kappa shape index (κ1) is 16.7. The van der Waals surface area contributed by atoms with Crippen LogP contribution in [0, 0.1) is 10.1 Å². The van der Waals surface area contributed by atoms with Gasteiger partial charge in [-0.05, 0) is 24.9 Å². The fourth-order valence-electron chi connectivity index (χ4n) is 2.77. The van der Waals surface area contributed by atoms with E-state index in [1.165, 1.54) is 0 Å². The third-order valence-electron chi connectivity index (χ3n) is 3.94. The fourth-order valence-corrected chi connectivity index (χ4v) is 2.77. The second-order valence-electron chi connectivity index (χ2n) is 5.40. The van der Waals surface area contributed by atoms with Crippen LogP contribution in [0.1, 0.15) is 30.4 Å². The van der Waals surface area contributed by atoms with Gasteiger partial charge in [-0.1, -0.05) is 12.5 Å². The molecule has 0 aromatic heterocycles. The number of halogens is 3. The first-order valence-corrected chi connectivity index (χ1v) is 7.02. The van der Waals surface area contributed by atoms with Gasteiger partial charge in [-0.3, -0.25) is 15.0 Å². The summed E-state index contributed by atoms with van der Waals surface area (Å²) in [5.41, 5.74) is -1.56. The first-order valence-electron chi connectivity index (χ1n) is 7.02. The Kier molecular flexibility index (Phi) is 5.02. The van der Waals surface area contributed by atoms with Gasteiger partial charge in [-0.15, -0.1) is 0 Å². The monoisotopic (exact) mass is 318 g/mol. The topological polar surface area (TPSA) is 66.6 Å². The van der Waals surface area contributed by atoms with Gasteiger partial charge in [0.15, 0.2) is 0 Å². The number of hydrogen-bond acceptors (Lipinski definition) is 4. The second-order valence-corrected chi connectivity index (χ2v) is 5.40. The van der Waals surface area contributed by atoms with Crippen LogP contribution in [0.5, 0.6) is 0 Å². The molecule has 0 bridgehead atoms. The number of piperidine rings is 1.